The number of phosphoric ester groups is 1. The van der Waals surface area contributed by atoms with Crippen molar-refractivity contribution in [2.24, 2.45) is 0 Å². The van der Waals surface area contributed by atoms with Crippen LogP contribution in [0, 0.1) is 0 Å². The van der Waals surface area contributed by atoms with Gasteiger partial charge in [-0.25, -0.2) is 14.5 Å². The van der Waals surface area contributed by atoms with Gasteiger partial charge in [0.05, 0.1) is 12.7 Å². The number of aliphatic hydroxyl groups excluding tert-OH is 1. The second kappa shape index (κ2) is 8.26. The molecule has 1 aliphatic rings. The van der Waals surface area contributed by atoms with Gasteiger partial charge in [-0.1, -0.05) is 30.3 Å². The molecule has 0 amide bonds. The van der Waals surface area contributed by atoms with E-state index in [0.717, 1.165) is 5.56 Å². The van der Waals surface area contributed by atoms with Crippen LogP contribution < -0.4 is 10.5 Å². The van der Waals surface area contributed by atoms with Gasteiger partial charge in [-0.15, -0.1) is 0 Å². The van der Waals surface area contributed by atoms with Gasteiger partial charge in [0.15, 0.2) is 17.0 Å². The predicted molar refractivity (Wildman–Crippen MR) is 103 cm³/mol. The van der Waals surface area contributed by atoms with Gasteiger partial charge in [-0.05, 0) is 5.56 Å². The molecule has 0 bridgehead atoms. The summed E-state index contributed by atoms with van der Waals surface area (Å²) in [6.07, 6.45) is -1.38. The number of imidazole rings is 1. The van der Waals surface area contributed by atoms with Crippen LogP contribution in [-0.4, -0.2) is 53.2 Å². The van der Waals surface area contributed by atoms with Gasteiger partial charge < -0.3 is 30.1 Å². The topological polar surface area (TPSA) is 175 Å². The highest BCUT2D eigenvalue weighted by atomic mass is 31.2. The standard InChI is InChI=1S/C17H20N5O7P/c18-15-14-16(20-9-19-15)22(17(21-14)27-7-10-4-2-1-3-5-10)13-6-11(23)12(29-13)8-28-30(24,25)26/h1-5,9,11-13,23H,6-8H2,(H2,18,19,20)(H2,24,25,26)/t11-,12+,13+/m0/s1. The van der Waals surface area contributed by atoms with Crippen molar-refractivity contribution in [3.05, 3.63) is 42.2 Å². The van der Waals surface area contributed by atoms with E-state index >= 15 is 0 Å². The molecule has 160 valence electrons. The zero-order valence-corrected chi connectivity index (χ0v) is 16.5. The highest BCUT2D eigenvalue weighted by Gasteiger charge is 2.39. The molecule has 2 aromatic heterocycles. The first kappa shape index (κ1) is 20.7. The number of hydrogen-bond acceptors (Lipinski definition) is 9. The Hall–Kier alpha value is -2.60. The van der Waals surface area contributed by atoms with Gasteiger partial charge in [-0.3, -0.25) is 9.09 Å². The second-order valence-electron chi connectivity index (χ2n) is 6.69. The number of fused-ring (bicyclic) bond motifs is 1. The van der Waals surface area contributed by atoms with Crippen molar-refractivity contribution in [3.8, 4) is 6.01 Å². The maximum absolute atomic E-state index is 11.0. The quantitative estimate of drug-likeness (QED) is 0.384. The molecule has 1 aromatic carbocycles. The normalized spacial score (nSPS) is 21.9. The highest BCUT2D eigenvalue weighted by molar-refractivity contribution is 7.46. The minimum Gasteiger partial charge on any atom is -0.460 e. The third kappa shape index (κ3) is 4.43. The van der Waals surface area contributed by atoms with E-state index in [2.05, 4.69) is 19.5 Å². The Bertz CT molecular complexity index is 1070. The second-order valence-corrected chi connectivity index (χ2v) is 7.93. The lowest BCUT2D eigenvalue weighted by molar-refractivity contribution is -0.0448. The SMILES string of the molecule is Nc1ncnc2c1nc(OCc1ccccc1)n2[C@H]1C[C@H](O)[C@@H](COP(=O)(O)O)O1. The summed E-state index contributed by atoms with van der Waals surface area (Å²) in [6.45, 7) is -0.260. The molecule has 30 heavy (non-hydrogen) atoms. The van der Waals surface area contributed by atoms with Crippen LogP contribution >= 0.6 is 7.82 Å². The van der Waals surface area contributed by atoms with E-state index in [0.29, 0.717) is 11.2 Å². The fourth-order valence-electron chi connectivity index (χ4n) is 3.18. The molecule has 0 aliphatic carbocycles. The molecule has 12 nitrogen and oxygen atoms in total. The molecule has 4 rings (SSSR count). The maximum atomic E-state index is 11.0. The minimum atomic E-state index is -4.70. The van der Waals surface area contributed by atoms with E-state index in [1.165, 1.54) is 10.9 Å². The van der Waals surface area contributed by atoms with Crippen molar-refractivity contribution in [2.45, 2.75) is 31.5 Å². The molecular weight excluding hydrogens is 417 g/mol. The number of rotatable bonds is 7. The van der Waals surface area contributed by atoms with Crippen LogP contribution in [0.25, 0.3) is 11.2 Å². The molecule has 0 radical (unpaired) electrons. The van der Waals surface area contributed by atoms with Crippen molar-refractivity contribution < 1.29 is 33.5 Å². The van der Waals surface area contributed by atoms with Crippen molar-refractivity contribution in [1.29, 1.82) is 0 Å². The van der Waals surface area contributed by atoms with E-state index in [-0.39, 0.29) is 24.9 Å². The first-order valence-corrected chi connectivity index (χ1v) is 10.5. The zero-order valence-electron chi connectivity index (χ0n) is 15.6. The monoisotopic (exact) mass is 437 g/mol. The number of hydrogen-bond donors (Lipinski definition) is 4. The lowest BCUT2D eigenvalue weighted by atomic mass is 10.2. The third-order valence-electron chi connectivity index (χ3n) is 4.58. The van der Waals surface area contributed by atoms with Crippen LogP contribution in [0.15, 0.2) is 36.7 Å². The van der Waals surface area contributed by atoms with Crippen LogP contribution in [0.2, 0.25) is 0 Å². The van der Waals surface area contributed by atoms with Crippen LogP contribution in [0.4, 0.5) is 5.82 Å². The van der Waals surface area contributed by atoms with Crippen molar-refractivity contribution in [3.63, 3.8) is 0 Å². The molecule has 13 heteroatoms. The number of anilines is 1. The Morgan fingerprint density at radius 1 is 1.27 bits per heavy atom. The molecule has 1 saturated heterocycles. The third-order valence-corrected chi connectivity index (χ3v) is 5.07. The fourth-order valence-corrected chi connectivity index (χ4v) is 3.52. The Labute approximate surface area is 170 Å². The lowest BCUT2D eigenvalue weighted by Gasteiger charge is -2.17. The average Bonchev–Trinajstić information content (AvgIpc) is 3.26. The number of nitrogens with zero attached hydrogens (tertiary/aromatic N) is 4. The van der Waals surface area contributed by atoms with Gasteiger partial charge in [0, 0.05) is 6.42 Å². The van der Waals surface area contributed by atoms with Crippen molar-refractivity contribution in [1.82, 2.24) is 19.5 Å². The van der Waals surface area contributed by atoms with Crippen LogP contribution in [0.3, 0.4) is 0 Å². The van der Waals surface area contributed by atoms with Crippen molar-refractivity contribution in [2.75, 3.05) is 12.3 Å². The van der Waals surface area contributed by atoms with Gasteiger partial charge in [-0.2, -0.15) is 4.98 Å². The molecule has 0 unspecified atom stereocenters. The number of aromatic nitrogens is 4. The number of aliphatic hydroxyl groups is 1. The van der Waals surface area contributed by atoms with Gasteiger partial charge in [0.2, 0.25) is 0 Å². The van der Waals surface area contributed by atoms with Crippen LogP contribution in [0.5, 0.6) is 6.01 Å². The summed E-state index contributed by atoms with van der Waals surface area (Å²) in [5.41, 5.74) is 7.49. The summed E-state index contributed by atoms with van der Waals surface area (Å²) in [5, 5.41) is 10.3. The number of nitrogens with two attached hydrogens (primary N) is 1. The summed E-state index contributed by atoms with van der Waals surface area (Å²) in [6, 6.07) is 9.61. The van der Waals surface area contributed by atoms with Crippen LogP contribution in [-0.2, 0) is 20.4 Å². The molecule has 5 N–H and O–H groups in total. The molecule has 0 spiro atoms. The Morgan fingerprint density at radius 2 is 2.03 bits per heavy atom. The predicted octanol–water partition coefficient (Wildman–Crippen LogP) is 0.745. The maximum Gasteiger partial charge on any atom is 0.469 e. The minimum absolute atomic E-state index is 0.103. The Kier molecular flexibility index (Phi) is 5.69. The first-order valence-electron chi connectivity index (χ1n) is 9.00. The summed E-state index contributed by atoms with van der Waals surface area (Å²) in [5.74, 6) is 0.156. The highest BCUT2D eigenvalue weighted by Crippen LogP contribution is 2.40. The molecule has 1 fully saturated rings. The number of nitrogen functional groups attached to an aromatic ring is 1. The molecule has 3 heterocycles. The Balaban J connectivity index is 1.62. The van der Waals surface area contributed by atoms with E-state index < -0.39 is 32.9 Å². The number of ether oxygens (including phenoxy) is 2. The molecule has 3 atom stereocenters. The summed E-state index contributed by atoms with van der Waals surface area (Å²) in [7, 11) is -4.70. The summed E-state index contributed by atoms with van der Waals surface area (Å²) < 4.78 is 28.6. The molecule has 1 aliphatic heterocycles. The largest absolute Gasteiger partial charge is 0.469 e. The smallest absolute Gasteiger partial charge is 0.460 e. The average molecular weight is 437 g/mol. The number of phosphoric acid groups is 1. The van der Waals surface area contributed by atoms with Gasteiger partial charge >= 0.3 is 13.8 Å². The summed E-state index contributed by atoms with van der Waals surface area (Å²) >= 11 is 0. The van der Waals surface area contributed by atoms with E-state index in [9.17, 15) is 9.67 Å². The molecule has 3 aromatic rings. The van der Waals surface area contributed by atoms with E-state index in [1.54, 1.807) is 0 Å². The van der Waals surface area contributed by atoms with E-state index in [4.69, 9.17) is 25.0 Å². The Morgan fingerprint density at radius 3 is 2.77 bits per heavy atom. The van der Waals surface area contributed by atoms with E-state index in [1.807, 2.05) is 30.3 Å². The number of benzene rings is 1. The van der Waals surface area contributed by atoms with Crippen LogP contribution in [0.1, 0.15) is 18.2 Å². The van der Waals surface area contributed by atoms with Gasteiger partial charge in [0.25, 0.3) is 0 Å². The van der Waals surface area contributed by atoms with Gasteiger partial charge in [0.1, 0.15) is 25.3 Å². The van der Waals surface area contributed by atoms with Crippen molar-refractivity contribution >= 4 is 24.8 Å². The first-order chi connectivity index (χ1) is 14.3. The zero-order chi connectivity index (χ0) is 21.3. The lowest BCUT2D eigenvalue weighted by Crippen LogP contribution is -2.26. The summed E-state index contributed by atoms with van der Waals surface area (Å²) in [4.78, 5) is 30.3. The fraction of sp³-hybridized carbons (Fsp3) is 0.353. The molecular formula is C17H20N5O7P. The molecule has 0 saturated carbocycles.